The van der Waals surface area contributed by atoms with Gasteiger partial charge in [0.05, 0.1) is 11.5 Å². The van der Waals surface area contributed by atoms with Crippen molar-refractivity contribution in [3.05, 3.63) is 0 Å². The Labute approximate surface area is 85.2 Å². The summed E-state index contributed by atoms with van der Waals surface area (Å²) in [7, 11) is 0. The van der Waals surface area contributed by atoms with Gasteiger partial charge in [-0.1, -0.05) is 13.8 Å². The Balaban J connectivity index is 4.66. The van der Waals surface area contributed by atoms with Crippen LogP contribution in [0.2, 0.25) is 0 Å². The molecule has 0 spiro atoms. The van der Waals surface area contributed by atoms with Crippen LogP contribution in [0.3, 0.4) is 0 Å². The van der Waals surface area contributed by atoms with Crippen molar-refractivity contribution in [1.29, 1.82) is 0 Å². The maximum atomic E-state index is 11.5. The van der Waals surface area contributed by atoms with Gasteiger partial charge in [0.25, 0.3) is 0 Å². The van der Waals surface area contributed by atoms with Crippen molar-refractivity contribution in [3.63, 3.8) is 0 Å². The van der Waals surface area contributed by atoms with Gasteiger partial charge in [0.15, 0.2) is 0 Å². The molecule has 1 atom stereocenters. The van der Waals surface area contributed by atoms with Crippen LogP contribution in [0.5, 0.6) is 0 Å². The average Bonchev–Trinajstić information content (AvgIpc) is 2.21. The molecule has 0 aliphatic rings. The van der Waals surface area contributed by atoms with Crippen LogP contribution in [-0.2, 0) is 9.59 Å². The maximum absolute atomic E-state index is 11.5. The fourth-order valence-corrected chi connectivity index (χ4v) is 1.43. The van der Waals surface area contributed by atoms with Gasteiger partial charge in [-0.15, -0.1) is 0 Å². The van der Waals surface area contributed by atoms with Crippen LogP contribution in [0.25, 0.3) is 0 Å². The van der Waals surface area contributed by atoms with Crippen LogP contribution in [0, 0.1) is 5.41 Å². The third-order valence-corrected chi connectivity index (χ3v) is 2.69. The molecule has 0 aliphatic heterocycles. The minimum atomic E-state index is -0.834. The summed E-state index contributed by atoms with van der Waals surface area (Å²) >= 11 is 0. The molecule has 81 valence electrons. The lowest BCUT2D eigenvalue weighted by atomic mass is 9.77. The van der Waals surface area contributed by atoms with E-state index in [0.29, 0.717) is 19.4 Å². The third kappa shape index (κ3) is 2.54. The summed E-state index contributed by atoms with van der Waals surface area (Å²) in [6.07, 6.45) is 2.98. The fourth-order valence-electron chi connectivity index (χ4n) is 1.43. The molecule has 0 heterocycles. The molecule has 4 heteroatoms. The summed E-state index contributed by atoms with van der Waals surface area (Å²) in [5.74, 6) is -0.278. The van der Waals surface area contributed by atoms with E-state index in [9.17, 15) is 9.59 Å². The van der Waals surface area contributed by atoms with E-state index in [1.54, 1.807) is 0 Å². The molecule has 0 saturated heterocycles. The number of nitrogens with one attached hydrogen (secondary N) is 1. The molecule has 0 rings (SSSR count). The first-order valence-corrected chi connectivity index (χ1v) is 5.00. The monoisotopic (exact) mass is 199 g/mol. The minimum Gasteiger partial charge on any atom is -0.355 e. The summed E-state index contributed by atoms with van der Waals surface area (Å²) < 4.78 is 0. The van der Waals surface area contributed by atoms with Gasteiger partial charge in [-0.05, 0) is 19.8 Å². The molecule has 1 radical (unpaired) electrons. The van der Waals surface area contributed by atoms with Crippen molar-refractivity contribution in [3.8, 4) is 0 Å². The molecule has 0 saturated carbocycles. The number of carbonyl (C=O) groups excluding carboxylic acids is 2. The Morgan fingerprint density at radius 1 is 1.43 bits per heavy atom. The van der Waals surface area contributed by atoms with Gasteiger partial charge >= 0.3 is 0 Å². The van der Waals surface area contributed by atoms with Crippen LogP contribution < -0.4 is 11.1 Å². The molecule has 1 unspecified atom stereocenters. The summed E-state index contributed by atoms with van der Waals surface area (Å²) in [5.41, 5.74) is 4.91. The highest BCUT2D eigenvalue weighted by molar-refractivity contribution is 5.86. The molecular weight excluding hydrogens is 180 g/mol. The Kier molecular flexibility index (Phi) is 5.38. The number of hydrogen-bond donors (Lipinski definition) is 2. The van der Waals surface area contributed by atoms with E-state index < -0.39 is 11.5 Å². The number of likely N-dealkylation sites (N-methyl/N-ethyl adjacent to an activating group) is 1. The molecule has 0 aliphatic carbocycles. The molecule has 0 fully saturated rings. The number of nitrogens with two attached hydrogens (primary N) is 1. The molecule has 3 N–H and O–H groups in total. The largest absolute Gasteiger partial charge is 0.355 e. The molecule has 1 amide bonds. The lowest BCUT2D eigenvalue weighted by Gasteiger charge is -2.29. The van der Waals surface area contributed by atoms with Crippen LogP contribution in [0.1, 0.15) is 33.6 Å². The third-order valence-electron chi connectivity index (χ3n) is 2.69. The molecule has 0 aromatic carbocycles. The van der Waals surface area contributed by atoms with Gasteiger partial charge in [-0.3, -0.25) is 9.59 Å². The summed E-state index contributed by atoms with van der Waals surface area (Å²) in [5, 5.41) is 2.61. The second kappa shape index (κ2) is 5.75. The predicted octanol–water partition coefficient (Wildman–Crippen LogP) is 0.366. The SMILES string of the molecule is CCNC(=O)C(N)C([C]=O)(CC)CC. The first-order chi connectivity index (χ1) is 6.57. The number of carbonyl (C=O) groups is 1. The van der Waals surface area contributed by atoms with Gasteiger partial charge in [0.2, 0.25) is 12.2 Å². The number of amides is 1. The van der Waals surface area contributed by atoms with Crippen molar-refractivity contribution < 1.29 is 9.59 Å². The van der Waals surface area contributed by atoms with Crippen LogP contribution in [0.4, 0.5) is 0 Å². The van der Waals surface area contributed by atoms with Crippen LogP contribution in [0.15, 0.2) is 0 Å². The van der Waals surface area contributed by atoms with Crippen molar-refractivity contribution in [1.82, 2.24) is 5.32 Å². The van der Waals surface area contributed by atoms with Gasteiger partial charge in [-0.2, -0.15) is 0 Å². The maximum Gasteiger partial charge on any atom is 0.237 e. The molecule has 0 aromatic rings. The number of hydrogen-bond acceptors (Lipinski definition) is 3. The van der Waals surface area contributed by atoms with Crippen molar-refractivity contribution in [2.45, 2.75) is 39.7 Å². The van der Waals surface area contributed by atoms with Crippen molar-refractivity contribution in [2.24, 2.45) is 11.1 Å². The zero-order valence-electron chi connectivity index (χ0n) is 9.09. The highest BCUT2D eigenvalue weighted by Gasteiger charge is 2.38. The average molecular weight is 199 g/mol. The van der Waals surface area contributed by atoms with E-state index in [2.05, 4.69) is 5.32 Å². The van der Waals surface area contributed by atoms with E-state index in [-0.39, 0.29) is 5.91 Å². The van der Waals surface area contributed by atoms with Gasteiger partial charge in [0.1, 0.15) is 0 Å². The van der Waals surface area contributed by atoms with E-state index >= 15 is 0 Å². The Morgan fingerprint density at radius 2 is 1.93 bits per heavy atom. The lowest BCUT2D eigenvalue weighted by Crippen LogP contribution is -2.52. The zero-order valence-corrected chi connectivity index (χ0v) is 9.09. The van der Waals surface area contributed by atoms with Gasteiger partial charge in [-0.25, -0.2) is 0 Å². The Morgan fingerprint density at radius 3 is 2.21 bits per heavy atom. The molecular formula is C10H19N2O2. The second-order valence-electron chi connectivity index (χ2n) is 3.34. The molecule has 4 nitrogen and oxygen atoms in total. The zero-order chi connectivity index (χ0) is 11.2. The quantitative estimate of drug-likeness (QED) is 0.649. The second-order valence-corrected chi connectivity index (χ2v) is 3.34. The van der Waals surface area contributed by atoms with Gasteiger partial charge in [0, 0.05) is 6.54 Å². The molecule has 0 aromatic heterocycles. The minimum absolute atomic E-state index is 0.278. The lowest BCUT2D eigenvalue weighted by molar-refractivity contribution is -0.124. The summed E-state index contributed by atoms with van der Waals surface area (Å²) in [6.45, 7) is 6.02. The Hall–Kier alpha value is -0.900. The predicted molar refractivity (Wildman–Crippen MR) is 55.4 cm³/mol. The first-order valence-electron chi connectivity index (χ1n) is 5.00. The van der Waals surface area contributed by atoms with E-state index in [1.807, 2.05) is 27.1 Å². The Bertz CT molecular complexity index is 200. The normalized spacial score (nSPS) is 13.4. The van der Waals surface area contributed by atoms with Crippen molar-refractivity contribution in [2.75, 3.05) is 6.54 Å². The standard InChI is InChI=1S/C10H19N2O2/c1-4-10(5-2,7-13)8(11)9(14)12-6-3/h8H,4-6,11H2,1-3H3,(H,12,14). The summed E-state index contributed by atoms with van der Waals surface area (Å²) in [4.78, 5) is 22.3. The highest BCUT2D eigenvalue weighted by Crippen LogP contribution is 2.26. The topological polar surface area (TPSA) is 72.2 Å². The van der Waals surface area contributed by atoms with Crippen LogP contribution >= 0.6 is 0 Å². The van der Waals surface area contributed by atoms with Gasteiger partial charge < -0.3 is 11.1 Å². The van der Waals surface area contributed by atoms with E-state index in [1.165, 1.54) is 0 Å². The molecule has 0 bridgehead atoms. The first kappa shape index (κ1) is 13.1. The van der Waals surface area contributed by atoms with Crippen LogP contribution in [-0.4, -0.2) is 24.8 Å². The van der Waals surface area contributed by atoms with Crippen molar-refractivity contribution >= 4 is 12.2 Å². The van der Waals surface area contributed by atoms with E-state index in [4.69, 9.17) is 5.73 Å². The summed E-state index contributed by atoms with van der Waals surface area (Å²) in [6, 6.07) is -0.796. The number of rotatable bonds is 6. The van der Waals surface area contributed by atoms with E-state index in [0.717, 1.165) is 0 Å². The fraction of sp³-hybridized carbons (Fsp3) is 0.800. The smallest absolute Gasteiger partial charge is 0.237 e. The highest BCUT2D eigenvalue weighted by atomic mass is 16.2. The molecule has 14 heavy (non-hydrogen) atoms.